The minimum atomic E-state index is -0.222. The Morgan fingerprint density at radius 3 is 2.77 bits per heavy atom. The highest BCUT2D eigenvalue weighted by molar-refractivity contribution is 7.20. The molecule has 2 aromatic heterocycles. The van der Waals surface area contributed by atoms with E-state index in [4.69, 9.17) is 11.6 Å². The zero-order valence-corrected chi connectivity index (χ0v) is 12.7. The predicted octanol–water partition coefficient (Wildman–Crippen LogP) is 3.70. The number of benzene rings is 2. The molecule has 4 rings (SSSR count). The number of halogens is 1. The molecule has 0 fully saturated rings. The smallest absolute Gasteiger partial charge is 0.283 e. The van der Waals surface area contributed by atoms with Crippen LogP contribution in [0.2, 0.25) is 5.02 Å². The van der Waals surface area contributed by atoms with Crippen LogP contribution >= 0.6 is 22.9 Å². The molecule has 7 heteroatoms. The van der Waals surface area contributed by atoms with Crippen LogP contribution < -0.4 is 10.9 Å². The summed E-state index contributed by atoms with van der Waals surface area (Å²) >= 11 is 7.27. The van der Waals surface area contributed by atoms with Gasteiger partial charge < -0.3 is 5.32 Å². The van der Waals surface area contributed by atoms with Crippen molar-refractivity contribution >= 4 is 49.6 Å². The van der Waals surface area contributed by atoms with E-state index in [1.807, 2.05) is 30.3 Å². The first-order chi connectivity index (χ1) is 10.7. The highest BCUT2D eigenvalue weighted by Gasteiger charge is 2.11. The molecule has 4 aromatic rings. The van der Waals surface area contributed by atoms with Crippen molar-refractivity contribution in [2.24, 2.45) is 0 Å². The van der Waals surface area contributed by atoms with E-state index < -0.39 is 0 Å². The molecule has 0 saturated heterocycles. The second-order valence-electron chi connectivity index (χ2n) is 4.67. The molecule has 0 bridgehead atoms. The van der Waals surface area contributed by atoms with E-state index in [9.17, 15) is 4.79 Å². The first-order valence-corrected chi connectivity index (χ1v) is 7.71. The number of para-hydroxylation sites is 1. The van der Waals surface area contributed by atoms with Crippen LogP contribution in [0.5, 0.6) is 0 Å². The number of rotatable bonds is 2. The van der Waals surface area contributed by atoms with Gasteiger partial charge in [-0.15, -0.1) is 5.10 Å². The minimum Gasteiger partial charge on any atom is -0.330 e. The fourth-order valence-electron chi connectivity index (χ4n) is 2.18. The third kappa shape index (κ3) is 2.22. The molecule has 0 radical (unpaired) electrons. The molecule has 0 unspecified atom stereocenters. The highest BCUT2D eigenvalue weighted by atomic mass is 35.5. The fraction of sp³-hybridized carbons (Fsp3) is 0. The third-order valence-electron chi connectivity index (χ3n) is 3.18. The minimum absolute atomic E-state index is 0.222. The van der Waals surface area contributed by atoms with Crippen LogP contribution in [0.4, 0.5) is 10.8 Å². The van der Waals surface area contributed by atoms with E-state index in [2.05, 4.69) is 15.4 Å². The van der Waals surface area contributed by atoms with Crippen molar-refractivity contribution in [1.29, 1.82) is 0 Å². The molecule has 108 valence electrons. The molecular weight excluding hydrogens is 320 g/mol. The first kappa shape index (κ1) is 13.2. The van der Waals surface area contributed by atoms with Crippen LogP contribution in [0.25, 0.3) is 15.9 Å². The van der Waals surface area contributed by atoms with Crippen LogP contribution in [0.3, 0.4) is 0 Å². The Morgan fingerprint density at radius 2 is 1.95 bits per heavy atom. The van der Waals surface area contributed by atoms with E-state index >= 15 is 0 Å². The number of anilines is 2. The van der Waals surface area contributed by atoms with Gasteiger partial charge in [0.2, 0.25) is 10.1 Å². The predicted molar refractivity (Wildman–Crippen MR) is 89.4 cm³/mol. The first-order valence-electron chi connectivity index (χ1n) is 6.52. The van der Waals surface area contributed by atoms with E-state index in [1.54, 1.807) is 18.2 Å². The molecule has 0 aliphatic rings. The van der Waals surface area contributed by atoms with Crippen LogP contribution in [-0.2, 0) is 0 Å². The number of hydrogen-bond donors (Lipinski definition) is 1. The number of hydrogen-bond acceptors (Lipinski definition) is 5. The van der Waals surface area contributed by atoms with Gasteiger partial charge >= 0.3 is 0 Å². The van der Waals surface area contributed by atoms with Crippen molar-refractivity contribution in [2.45, 2.75) is 0 Å². The summed E-state index contributed by atoms with van der Waals surface area (Å²) in [7, 11) is 0. The summed E-state index contributed by atoms with van der Waals surface area (Å²) in [6, 6.07) is 14.7. The van der Waals surface area contributed by atoms with Gasteiger partial charge in [-0.1, -0.05) is 41.1 Å². The molecule has 22 heavy (non-hydrogen) atoms. The van der Waals surface area contributed by atoms with Crippen molar-refractivity contribution in [2.75, 3.05) is 5.32 Å². The molecule has 0 aliphatic carbocycles. The summed E-state index contributed by atoms with van der Waals surface area (Å²) in [6.07, 6.45) is 0. The lowest BCUT2D eigenvalue weighted by Gasteiger charge is -1.99. The molecule has 1 N–H and O–H groups in total. The Kier molecular flexibility index (Phi) is 3.06. The quantitative estimate of drug-likeness (QED) is 0.609. The summed E-state index contributed by atoms with van der Waals surface area (Å²) in [5.74, 6) is 0. The monoisotopic (exact) mass is 328 g/mol. The second kappa shape index (κ2) is 5.08. The Morgan fingerprint density at radius 1 is 1.14 bits per heavy atom. The Labute approximate surface area is 133 Å². The fourth-order valence-corrected chi connectivity index (χ4v) is 3.17. The highest BCUT2D eigenvalue weighted by Crippen LogP contribution is 2.23. The second-order valence-corrected chi connectivity index (χ2v) is 6.06. The number of nitrogens with one attached hydrogen (secondary N) is 1. The van der Waals surface area contributed by atoms with Crippen LogP contribution in [0.15, 0.2) is 53.3 Å². The van der Waals surface area contributed by atoms with Crippen molar-refractivity contribution in [3.8, 4) is 0 Å². The van der Waals surface area contributed by atoms with E-state index in [-0.39, 0.29) is 5.56 Å². The van der Waals surface area contributed by atoms with Gasteiger partial charge in [0.15, 0.2) is 0 Å². The van der Waals surface area contributed by atoms with Crippen LogP contribution in [0, 0.1) is 0 Å². The summed E-state index contributed by atoms with van der Waals surface area (Å²) in [6.45, 7) is 0. The van der Waals surface area contributed by atoms with Crippen molar-refractivity contribution < 1.29 is 0 Å². The lowest BCUT2D eigenvalue weighted by molar-refractivity contribution is 0.919. The molecule has 0 amide bonds. The van der Waals surface area contributed by atoms with Crippen molar-refractivity contribution in [3.05, 3.63) is 63.9 Å². The topological polar surface area (TPSA) is 59.3 Å². The average Bonchev–Trinajstić information content (AvgIpc) is 2.92. The van der Waals surface area contributed by atoms with Gasteiger partial charge in [0, 0.05) is 10.7 Å². The molecule has 5 nitrogen and oxygen atoms in total. The molecular formula is C15H9ClN4OS. The maximum absolute atomic E-state index is 12.5. The van der Waals surface area contributed by atoms with E-state index in [0.717, 1.165) is 5.69 Å². The van der Waals surface area contributed by atoms with Gasteiger partial charge in [-0.2, -0.15) is 4.52 Å². The zero-order chi connectivity index (χ0) is 15.1. The van der Waals surface area contributed by atoms with E-state index in [1.165, 1.54) is 15.9 Å². The summed E-state index contributed by atoms with van der Waals surface area (Å²) in [4.78, 5) is 17.5. The normalized spacial score (nSPS) is 11.1. The molecule has 2 aromatic carbocycles. The van der Waals surface area contributed by atoms with Gasteiger partial charge in [-0.25, -0.2) is 4.98 Å². The van der Waals surface area contributed by atoms with Gasteiger partial charge in [-0.3, -0.25) is 4.79 Å². The maximum atomic E-state index is 12.5. The van der Waals surface area contributed by atoms with Gasteiger partial charge in [0.25, 0.3) is 5.56 Å². The standard InChI is InChI=1S/C15H9ClN4OS/c16-9-6-7-12-11(8-9)13(21)20-15(18-12)22-14(19-20)17-10-4-2-1-3-5-10/h1-8H,(H,17,19). The Bertz CT molecular complexity index is 1040. The summed E-state index contributed by atoms with van der Waals surface area (Å²) < 4.78 is 1.30. The lowest BCUT2D eigenvalue weighted by Crippen LogP contribution is -2.15. The largest absolute Gasteiger partial charge is 0.330 e. The Hall–Kier alpha value is -2.44. The third-order valence-corrected chi connectivity index (χ3v) is 4.24. The molecule has 2 heterocycles. The van der Waals surface area contributed by atoms with Gasteiger partial charge in [0.1, 0.15) is 0 Å². The number of nitrogens with zero attached hydrogens (tertiary/aromatic N) is 3. The summed E-state index contributed by atoms with van der Waals surface area (Å²) in [5, 5.41) is 9.03. The van der Waals surface area contributed by atoms with Crippen LogP contribution in [-0.4, -0.2) is 14.6 Å². The van der Waals surface area contributed by atoms with Crippen molar-refractivity contribution in [1.82, 2.24) is 14.6 Å². The molecule has 0 saturated carbocycles. The molecule has 0 spiro atoms. The number of fused-ring (bicyclic) bond motifs is 2. The Balaban J connectivity index is 1.88. The molecule has 0 aliphatic heterocycles. The SMILES string of the molecule is O=c1c2cc(Cl)ccc2nc2sc(Nc3ccccc3)nn12. The van der Waals surface area contributed by atoms with Crippen molar-refractivity contribution in [3.63, 3.8) is 0 Å². The lowest BCUT2D eigenvalue weighted by atomic mass is 10.2. The molecule has 0 atom stereocenters. The van der Waals surface area contributed by atoms with Gasteiger partial charge in [0.05, 0.1) is 10.9 Å². The summed E-state index contributed by atoms with van der Waals surface area (Å²) in [5.41, 5.74) is 1.30. The van der Waals surface area contributed by atoms with E-state index in [0.29, 0.717) is 26.0 Å². The average molecular weight is 329 g/mol. The van der Waals surface area contributed by atoms with Crippen LogP contribution in [0.1, 0.15) is 0 Å². The maximum Gasteiger partial charge on any atom is 0.283 e. The number of aromatic nitrogens is 3. The zero-order valence-electron chi connectivity index (χ0n) is 11.2. The van der Waals surface area contributed by atoms with Gasteiger partial charge in [-0.05, 0) is 30.3 Å².